The van der Waals surface area contributed by atoms with Crippen LogP contribution in [0.3, 0.4) is 0 Å². The number of nitrogens with zero attached hydrogens (tertiary/aromatic N) is 1. The second-order valence-corrected chi connectivity index (χ2v) is 6.65. The van der Waals surface area contributed by atoms with Crippen molar-refractivity contribution in [1.82, 2.24) is 0 Å². The summed E-state index contributed by atoms with van der Waals surface area (Å²) in [7, 11) is 0. The molecular formula is C19H18ClNO3. The summed E-state index contributed by atoms with van der Waals surface area (Å²) in [6, 6.07) is 12.7. The van der Waals surface area contributed by atoms with Gasteiger partial charge >= 0.3 is 0 Å². The first-order valence-electron chi connectivity index (χ1n) is 7.71. The highest BCUT2D eigenvalue weighted by Gasteiger charge is 2.50. The van der Waals surface area contributed by atoms with Crippen LogP contribution in [0.15, 0.2) is 42.5 Å². The lowest BCUT2D eigenvalue weighted by atomic mass is 9.89. The molecular weight excluding hydrogens is 326 g/mol. The number of hydrogen-bond donors (Lipinski definition) is 1. The van der Waals surface area contributed by atoms with E-state index in [1.54, 1.807) is 18.2 Å². The van der Waals surface area contributed by atoms with Gasteiger partial charge in [0.25, 0.3) is 5.91 Å². The molecule has 0 fully saturated rings. The van der Waals surface area contributed by atoms with Crippen molar-refractivity contribution < 1.29 is 14.7 Å². The number of anilines is 1. The molecule has 1 N–H and O–H groups in total. The van der Waals surface area contributed by atoms with Crippen LogP contribution in [-0.2, 0) is 21.7 Å². The number of Topliss-reactive ketones (excluding diaryl/α,β-unsaturated/α-hetero) is 1. The van der Waals surface area contributed by atoms with Gasteiger partial charge in [0.2, 0.25) is 0 Å². The maximum Gasteiger partial charge on any atom is 0.264 e. The van der Waals surface area contributed by atoms with Crippen LogP contribution in [0.1, 0.15) is 30.0 Å². The molecule has 1 aliphatic heterocycles. The quantitative estimate of drug-likeness (QED) is 0.926. The van der Waals surface area contributed by atoms with Crippen LogP contribution in [0.5, 0.6) is 0 Å². The summed E-state index contributed by atoms with van der Waals surface area (Å²) in [6.07, 6.45) is -0.235. The lowest BCUT2D eigenvalue weighted by Crippen LogP contribution is -2.41. The number of aryl methyl sites for hydroxylation is 1. The average Bonchev–Trinajstić information content (AvgIpc) is 2.71. The van der Waals surface area contributed by atoms with Crippen LogP contribution in [0.2, 0.25) is 5.02 Å². The first-order chi connectivity index (χ1) is 11.3. The van der Waals surface area contributed by atoms with E-state index in [2.05, 4.69) is 0 Å². The Morgan fingerprint density at radius 3 is 2.62 bits per heavy atom. The molecule has 0 bridgehead atoms. The van der Waals surface area contributed by atoms with Gasteiger partial charge in [-0.25, -0.2) is 0 Å². The first kappa shape index (κ1) is 16.7. The van der Waals surface area contributed by atoms with Crippen LogP contribution in [-0.4, -0.2) is 16.8 Å². The third kappa shape index (κ3) is 2.72. The number of amides is 1. The monoisotopic (exact) mass is 343 g/mol. The Balaban J connectivity index is 2.08. The standard InChI is InChI=1S/C19H18ClNO3/c1-12-7-8-17-15(9-12)19(24,10-13(2)22)18(23)21(17)11-14-5-3-4-6-16(14)20/h3-9,24H,10-11H2,1-2H3/t19-/m1/s1. The van der Waals surface area contributed by atoms with Gasteiger partial charge in [-0.3, -0.25) is 9.59 Å². The number of rotatable bonds is 4. The Labute approximate surface area is 145 Å². The molecule has 1 amide bonds. The highest BCUT2D eigenvalue weighted by Crippen LogP contribution is 2.44. The van der Waals surface area contributed by atoms with Crippen molar-refractivity contribution in [1.29, 1.82) is 0 Å². The number of ketones is 1. The normalized spacial score (nSPS) is 19.5. The summed E-state index contributed by atoms with van der Waals surface area (Å²) >= 11 is 6.20. The van der Waals surface area contributed by atoms with Gasteiger partial charge in [-0.2, -0.15) is 0 Å². The minimum Gasteiger partial charge on any atom is -0.375 e. The molecule has 4 nitrogen and oxygen atoms in total. The van der Waals surface area contributed by atoms with Crippen molar-refractivity contribution in [3.8, 4) is 0 Å². The zero-order chi connectivity index (χ0) is 17.5. The predicted octanol–water partition coefficient (Wildman–Crippen LogP) is 3.36. The van der Waals surface area contributed by atoms with Gasteiger partial charge in [-0.15, -0.1) is 0 Å². The van der Waals surface area contributed by atoms with Crippen molar-refractivity contribution >= 4 is 29.0 Å². The second-order valence-electron chi connectivity index (χ2n) is 6.24. The molecule has 0 spiro atoms. The van der Waals surface area contributed by atoms with E-state index in [4.69, 9.17) is 11.6 Å². The zero-order valence-corrected chi connectivity index (χ0v) is 14.3. The highest BCUT2D eigenvalue weighted by molar-refractivity contribution is 6.31. The van der Waals surface area contributed by atoms with Gasteiger partial charge in [0.1, 0.15) is 5.78 Å². The number of hydrogen-bond acceptors (Lipinski definition) is 3. The highest BCUT2D eigenvalue weighted by atomic mass is 35.5. The van der Waals surface area contributed by atoms with Gasteiger partial charge in [0.15, 0.2) is 5.60 Å². The Hall–Kier alpha value is -2.17. The summed E-state index contributed by atoms with van der Waals surface area (Å²) in [5.41, 5.74) is 0.993. The van der Waals surface area contributed by atoms with Crippen molar-refractivity contribution in [2.24, 2.45) is 0 Å². The van der Waals surface area contributed by atoms with E-state index in [0.717, 1.165) is 11.1 Å². The molecule has 5 heteroatoms. The summed E-state index contributed by atoms with van der Waals surface area (Å²) in [6.45, 7) is 3.50. The third-order valence-corrected chi connectivity index (χ3v) is 4.65. The van der Waals surface area contributed by atoms with E-state index >= 15 is 0 Å². The topological polar surface area (TPSA) is 57.6 Å². The molecule has 0 unspecified atom stereocenters. The smallest absolute Gasteiger partial charge is 0.264 e. The van der Waals surface area contributed by atoms with E-state index in [1.165, 1.54) is 11.8 Å². The van der Waals surface area contributed by atoms with E-state index in [9.17, 15) is 14.7 Å². The molecule has 1 atom stereocenters. The molecule has 2 aromatic carbocycles. The third-order valence-electron chi connectivity index (χ3n) is 4.28. The molecule has 0 saturated carbocycles. The second kappa shape index (κ2) is 6.04. The lowest BCUT2D eigenvalue weighted by Gasteiger charge is -2.22. The van der Waals surface area contributed by atoms with Crippen LogP contribution in [0.25, 0.3) is 0 Å². The van der Waals surface area contributed by atoms with Crippen LogP contribution in [0.4, 0.5) is 5.69 Å². The van der Waals surface area contributed by atoms with Crippen LogP contribution in [0, 0.1) is 6.92 Å². The predicted molar refractivity (Wildman–Crippen MR) is 93.0 cm³/mol. The fourth-order valence-corrected chi connectivity index (χ4v) is 3.34. The maximum atomic E-state index is 12.9. The van der Waals surface area contributed by atoms with Crippen LogP contribution >= 0.6 is 11.6 Å². The Bertz CT molecular complexity index is 833. The fourth-order valence-electron chi connectivity index (χ4n) is 3.15. The molecule has 0 saturated heterocycles. The van der Waals surface area contributed by atoms with Crippen molar-refractivity contribution in [2.45, 2.75) is 32.4 Å². The minimum absolute atomic E-state index is 0.235. The summed E-state index contributed by atoms with van der Waals surface area (Å²) in [5.74, 6) is -0.726. The maximum absolute atomic E-state index is 12.9. The van der Waals surface area contributed by atoms with Crippen molar-refractivity contribution in [3.63, 3.8) is 0 Å². The lowest BCUT2D eigenvalue weighted by molar-refractivity contribution is -0.141. The van der Waals surface area contributed by atoms with Gasteiger partial charge in [0, 0.05) is 17.0 Å². The van der Waals surface area contributed by atoms with Gasteiger partial charge < -0.3 is 10.0 Å². The number of aliphatic hydroxyl groups is 1. The number of carbonyl (C=O) groups is 2. The van der Waals surface area contributed by atoms with E-state index in [1.807, 2.05) is 31.2 Å². The van der Waals surface area contributed by atoms with E-state index in [0.29, 0.717) is 16.3 Å². The molecule has 0 aromatic heterocycles. The SMILES string of the molecule is CC(=O)C[C@]1(O)C(=O)N(Cc2ccccc2Cl)c2ccc(C)cc21. The summed E-state index contributed by atoms with van der Waals surface area (Å²) in [4.78, 5) is 26.0. The molecule has 0 radical (unpaired) electrons. The molecule has 0 aliphatic carbocycles. The van der Waals surface area contributed by atoms with E-state index in [-0.39, 0.29) is 18.7 Å². The largest absolute Gasteiger partial charge is 0.375 e. The number of carbonyl (C=O) groups excluding carboxylic acids is 2. The zero-order valence-electron chi connectivity index (χ0n) is 13.5. The molecule has 124 valence electrons. The Morgan fingerprint density at radius 2 is 1.96 bits per heavy atom. The van der Waals surface area contributed by atoms with E-state index < -0.39 is 11.5 Å². The number of fused-ring (bicyclic) bond motifs is 1. The molecule has 24 heavy (non-hydrogen) atoms. The molecule has 2 aromatic rings. The summed E-state index contributed by atoms with van der Waals surface area (Å²) < 4.78 is 0. The molecule has 1 aliphatic rings. The van der Waals surface area contributed by atoms with Crippen LogP contribution < -0.4 is 4.90 Å². The first-order valence-corrected chi connectivity index (χ1v) is 8.09. The average molecular weight is 344 g/mol. The minimum atomic E-state index is -1.81. The fraction of sp³-hybridized carbons (Fsp3) is 0.263. The Morgan fingerprint density at radius 1 is 1.25 bits per heavy atom. The number of benzene rings is 2. The summed E-state index contributed by atoms with van der Waals surface area (Å²) in [5, 5.41) is 11.5. The van der Waals surface area contributed by atoms with Crippen molar-refractivity contribution in [3.05, 3.63) is 64.2 Å². The van der Waals surface area contributed by atoms with Crippen molar-refractivity contribution in [2.75, 3.05) is 4.90 Å². The number of halogens is 1. The molecule has 3 rings (SSSR count). The Kier molecular flexibility index (Phi) is 4.20. The van der Waals surface area contributed by atoms with Gasteiger partial charge in [-0.1, -0.05) is 47.5 Å². The molecule has 1 heterocycles. The van der Waals surface area contributed by atoms with Gasteiger partial charge in [0.05, 0.1) is 12.2 Å². The van der Waals surface area contributed by atoms with Gasteiger partial charge in [-0.05, 0) is 31.5 Å².